The first-order valence-corrected chi connectivity index (χ1v) is 5.82. The molecule has 108 valence electrons. The van der Waals surface area contributed by atoms with Crippen LogP contribution < -0.4 is 4.74 Å². The Hall–Kier alpha value is -2.84. The molecule has 3 heterocycles. The van der Waals surface area contributed by atoms with Gasteiger partial charge < -0.3 is 13.7 Å². The van der Waals surface area contributed by atoms with Crippen LogP contribution >= 0.6 is 0 Å². The van der Waals surface area contributed by atoms with Crippen molar-refractivity contribution in [3.05, 3.63) is 42.2 Å². The van der Waals surface area contributed by atoms with Gasteiger partial charge in [-0.2, -0.15) is 8.78 Å². The van der Waals surface area contributed by atoms with Crippen LogP contribution in [0.4, 0.5) is 8.78 Å². The molecule has 0 aliphatic rings. The minimum Gasteiger partial charge on any atom is -0.469 e. The molecule has 21 heavy (non-hydrogen) atoms. The molecule has 0 spiro atoms. The molecule has 0 unspecified atom stereocenters. The first-order valence-electron chi connectivity index (χ1n) is 5.82. The summed E-state index contributed by atoms with van der Waals surface area (Å²) in [6.45, 7) is 0.193. The van der Waals surface area contributed by atoms with Crippen molar-refractivity contribution in [3.63, 3.8) is 0 Å². The van der Waals surface area contributed by atoms with E-state index in [9.17, 15) is 8.78 Å². The molecule has 0 aliphatic carbocycles. The van der Waals surface area contributed by atoms with E-state index in [1.165, 1.54) is 12.5 Å². The van der Waals surface area contributed by atoms with Crippen molar-refractivity contribution < 1.29 is 22.5 Å². The maximum Gasteiger partial charge on any atom is 0.314 e. The van der Waals surface area contributed by atoms with Crippen molar-refractivity contribution >= 4 is 0 Å². The number of pyridine rings is 1. The van der Waals surface area contributed by atoms with Gasteiger partial charge in [0.15, 0.2) is 0 Å². The standard InChI is InChI=1S/C12H8F2N4O3/c13-10(14)12-17-16-11(21-12)7-1-2-8(15-5-7)6-19-9-3-4-20-18-9/h1-5,10H,6H2. The Balaban J connectivity index is 1.68. The van der Waals surface area contributed by atoms with Crippen LogP contribution in [0, 0.1) is 0 Å². The second-order valence-corrected chi connectivity index (χ2v) is 3.91. The summed E-state index contributed by atoms with van der Waals surface area (Å²) in [6.07, 6.45) is 0.0288. The van der Waals surface area contributed by atoms with Crippen LogP contribution in [0.25, 0.3) is 11.5 Å². The predicted octanol–water partition coefficient (Wildman–Crippen LogP) is 2.64. The van der Waals surface area contributed by atoms with Gasteiger partial charge in [0, 0.05) is 12.3 Å². The van der Waals surface area contributed by atoms with Gasteiger partial charge in [0.25, 0.3) is 11.8 Å². The van der Waals surface area contributed by atoms with E-state index < -0.39 is 12.3 Å². The monoisotopic (exact) mass is 294 g/mol. The fraction of sp³-hybridized carbons (Fsp3) is 0.167. The van der Waals surface area contributed by atoms with E-state index in [0.717, 1.165) is 0 Å². The smallest absolute Gasteiger partial charge is 0.314 e. The quantitative estimate of drug-likeness (QED) is 0.714. The number of rotatable bonds is 5. The number of nitrogens with zero attached hydrogens (tertiary/aromatic N) is 4. The highest BCUT2D eigenvalue weighted by Crippen LogP contribution is 2.22. The highest BCUT2D eigenvalue weighted by molar-refractivity contribution is 5.50. The fourth-order valence-corrected chi connectivity index (χ4v) is 1.50. The van der Waals surface area contributed by atoms with Crippen LogP contribution in [-0.2, 0) is 6.61 Å². The molecule has 0 saturated carbocycles. The Morgan fingerprint density at radius 3 is 2.71 bits per heavy atom. The van der Waals surface area contributed by atoms with E-state index in [4.69, 9.17) is 9.15 Å². The molecule has 3 rings (SSSR count). The van der Waals surface area contributed by atoms with Crippen molar-refractivity contribution in [2.24, 2.45) is 0 Å². The van der Waals surface area contributed by atoms with E-state index >= 15 is 0 Å². The van der Waals surface area contributed by atoms with Gasteiger partial charge >= 0.3 is 6.43 Å². The second kappa shape index (κ2) is 5.65. The highest BCUT2D eigenvalue weighted by Gasteiger charge is 2.17. The van der Waals surface area contributed by atoms with Gasteiger partial charge in [0.2, 0.25) is 5.89 Å². The van der Waals surface area contributed by atoms with E-state index in [0.29, 0.717) is 17.1 Å². The van der Waals surface area contributed by atoms with Crippen LogP contribution in [0.3, 0.4) is 0 Å². The molecular weight excluding hydrogens is 286 g/mol. The van der Waals surface area contributed by atoms with Gasteiger partial charge in [0.1, 0.15) is 12.9 Å². The average Bonchev–Trinajstić information content (AvgIpc) is 3.17. The van der Waals surface area contributed by atoms with Crippen LogP contribution in [0.2, 0.25) is 0 Å². The fourth-order valence-electron chi connectivity index (χ4n) is 1.50. The van der Waals surface area contributed by atoms with Crippen molar-refractivity contribution in [1.29, 1.82) is 0 Å². The number of alkyl halides is 2. The molecule has 0 amide bonds. The van der Waals surface area contributed by atoms with Gasteiger partial charge in [-0.25, -0.2) is 0 Å². The molecular formula is C12H8F2N4O3. The van der Waals surface area contributed by atoms with Crippen molar-refractivity contribution in [1.82, 2.24) is 20.3 Å². The first kappa shape index (κ1) is 13.2. The van der Waals surface area contributed by atoms with Crippen LogP contribution in [-0.4, -0.2) is 20.3 Å². The van der Waals surface area contributed by atoms with Gasteiger partial charge in [-0.15, -0.1) is 10.2 Å². The average molecular weight is 294 g/mol. The van der Waals surface area contributed by atoms with Crippen molar-refractivity contribution in [2.75, 3.05) is 0 Å². The summed E-state index contributed by atoms with van der Waals surface area (Å²) in [7, 11) is 0. The van der Waals surface area contributed by atoms with E-state index in [-0.39, 0.29) is 12.5 Å². The Kier molecular flexibility index (Phi) is 3.54. The maximum atomic E-state index is 12.4. The zero-order valence-corrected chi connectivity index (χ0v) is 10.4. The third-order valence-electron chi connectivity index (χ3n) is 2.48. The molecule has 0 aliphatic heterocycles. The molecule has 3 aromatic heterocycles. The van der Waals surface area contributed by atoms with Gasteiger partial charge in [-0.05, 0) is 17.3 Å². The lowest BCUT2D eigenvalue weighted by Gasteiger charge is -2.01. The van der Waals surface area contributed by atoms with Crippen molar-refractivity contribution in [3.8, 4) is 17.3 Å². The van der Waals surface area contributed by atoms with Gasteiger partial charge in [0.05, 0.1) is 11.3 Å². The Morgan fingerprint density at radius 1 is 1.19 bits per heavy atom. The van der Waals surface area contributed by atoms with Crippen molar-refractivity contribution in [2.45, 2.75) is 13.0 Å². The summed E-state index contributed by atoms with van der Waals surface area (Å²) in [5.74, 6) is -0.385. The van der Waals surface area contributed by atoms with Crippen LogP contribution in [0.5, 0.6) is 5.88 Å². The molecule has 7 nitrogen and oxygen atoms in total. The number of ether oxygens (including phenoxy) is 1. The summed E-state index contributed by atoms with van der Waals surface area (Å²) < 4.78 is 39.4. The number of hydrogen-bond acceptors (Lipinski definition) is 7. The van der Waals surface area contributed by atoms with E-state index in [1.54, 1.807) is 18.2 Å². The lowest BCUT2D eigenvalue weighted by atomic mass is 10.2. The molecule has 0 radical (unpaired) electrons. The predicted molar refractivity (Wildman–Crippen MR) is 63.3 cm³/mol. The van der Waals surface area contributed by atoms with Crippen LogP contribution in [0.1, 0.15) is 18.0 Å². The number of halogens is 2. The molecule has 9 heteroatoms. The second-order valence-electron chi connectivity index (χ2n) is 3.91. The zero-order chi connectivity index (χ0) is 14.7. The Bertz CT molecular complexity index is 698. The van der Waals surface area contributed by atoms with Crippen LogP contribution in [0.15, 0.2) is 39.6 Å². The third kappa shape index (κ3) is 3.02. The zero-order valence-electron chi connectivity index (χ0n) is 10.4. The minimum atomic E-state index is -2.80. The molecule has 3 aromatic rings. The summed E-state index contributed by atoms with van der Waals surface area (Å²) in [6, 6.07) is 4.84. The maximum absolute atomic E-state index is 12.4. The Labute approximate surface area is 116 Å². The number of aromatic nitrogens is 4. The lowest BCUT2D eigenvalue weighted by Crippen LogP contribution is -1.98. The third-order valence-corrected chi connectivity index (χ3v) is 2.48. The summed E-state index contributed by atoms with van der Waals surface area (Å²) in [5.41, 5.74) is 1.06. The SMILES string of the molecule is FC(F)c1nnc(-c2ccc(COc3ccon3)nc2)o1. The summed E-state index contributed by atoms with van der Waals surface area (Å²) in [4.78, 5) is 4.11. The van der Waals surface area contributed by atoms with Gasteiger partial charge in [-0.3, -0.25) is 4.98 Å². The largest absolute Gasteiger partial charge is 0.469 e. The Morgan fingerprint density at radius 2 is 2.10 bits per heavy atom. The van der Waals surface area contributed by atoms with E-state index in [1.807, 2.05) is 0 Å². The summed E-state index contributed by atoms with van der Waals surface area (Å²) >= 11 is 0. The first-order chi connectivity index (χ1) is 10.2. The molecule has 0 N–H and O–H groups in total. The van der Waals surface area contributed by atoms with Gasteiger partial charge in [-0.1, -0.05) is 0 Å². The highest BCUT2D eigenvalue weighted by atomic mass is 19.3. The molecule has 0 atom stereocenters. The summed E-state index contributed by atoms with van der Waals surface area (Å²) in [5, 5.41) is 10.4. The number of hydrogen-bond donors (Lipinski definition) is 0. The molecule has 0 saturated heterocycles. The molecule has 0 fully saturated rings. The topological polar surface area (TPSA) is 87.1 Å². The normalized spacial score (nSPS) is 11.0. The van der Waals surface area contributed by atoms with E-state index in [2.05, 4.69) is 24.9 Å². The molecule has 0 bridgehead atoms. The lowest BCUT2D eigenvalue weighted by molar-refractivity contribution is 0.116. The minimum absolute atomic E-state index is 0.0123. The molecule has 0 aromatic carbocycles.